The van der Waals surface area contributed by atoms with Crippen LogP contribution in [0.3, 0.4) is 0 Å². The second kappa shape index (κ2) is 6.08. The van der Waals surface area contributed by atoms with Crippen molar-refractivity contribution in [1.82, 2.24) is 9.55 Å². The monoisotopic (exact) mass is 300 g/mol. The van der Waals surface area contributed by atoms with Crippen molar-refractivity contribution in [2.75, 3.05) is 5.88 Å². The maximum Gasteiger partial charge on any atom is 0.184 e. The summed E-state index contributed by atoms with van der Waals surface area (Å²) in [5.74, 6) is -0.212. The minimum atomic E-state index is -0.840. The Morgan fingerprint density at radius 2 is 2.00 bits per heavy atom. The quantitative estimate of drug-likeness (QED) is 0.732. The van der Waals surface area contributed by atoms with Gasteiger partial charge in [0.05, 0.1) is 5.52 Å². The summed E-state index contributed by atoms with van der Waals surface area (Å²) >= 11 is 5.80. The molecule has 0 N–H and O–H groups in total. The van der Waals surface area contributed by atoms with Crippen LogP contribution in [0, 0.1) is 17.6 Å². The van der Waals surface area contributed by atoms with E-state index in [1.54, 1.807) is 0 Å². The molecule has 1 heterocycles. The first-order valence-corrected chi connectivity index (χ1v) is 7.45. The highest BCUT2D eigenvalue weighted by atomic mass is 35.5. The molecule has 1 aromatic carbocycles. The van der Waals surface area contributed by atoms with Gasteiger partial charge in [0.25, 0.3) is 0 Å². The Bertz CT molecular complexity index is 609. The average molecular weight is 301 g/mol. The van der Waals surface area contributed by atoms with Crippen molar-refractivity contribution in [3.63, 3.8) is 0 Å². The van der Waals surface area contributed by atoms with Gasteiger partial charge in [0.1, 0.15) is 11.3 Å². The molecule has 2 aromatic rings. The molecule has 2 unspecified atom stereocenters. The molecule has 20 heavy (non-hydrogen) atoms. The Morgan fingerprint density at radius 3 is 2.60 bits per heavy atom. The number of hydrogen-bond acceptors (Lipinski definition) is 1. The van der Waals surface area contributed by atoms with Gasteiger partial charge in [0.2, 0.25) is 0 Å². The Balaban J connectivity index is 2.69. The highest BCUT2D eigenvalue weighted by Crippen LogP contribution is 2.30. The lowest BCUT2D eigenvalue weighted by molar-refractivity contribution is 0.366. The summed E-state index contributed by atoms with van der Waals surface area (Å²) in [6.07, 6.45) is 1.50. The molecule has 110 valence electrons. The number of benzene rings is 1. The van der Waals surface area contributed by atoms with Crippen LogP contribution in [0.4, 0.5) is 8.78 Å². The first kappa shape index (κ1) is 15.2. The number of aromatic nitrogens is 2. The fourth-order valence-electron chi connectivity index (χ4n) is 2.47. The first-order chi connectivity index (χ1) is 9.51. The summed E-state index contributed by atoms with van der Waals surface area (Å²) in [4.78, 5) is 4.41. The minimum Gasteiger partial charge on any atom is -0.322 e. The van der Waals surface area contributed by atoms with Crippen LogP contribution in [-0.2, 0) is 6.42 Å². The van der Waals surface area contributed by atoms with E-state index in [0.29, 0.717) is 29.6 Å². The lowest BCUT2D eigenvalue weighted by atomic mass is 10.00. The zero-order chi connectivity index (χ0) is 14.9. The molecule has 2 rings (SSSR count). The second-order valence-electron chi connectivity index (χ2n) is 5.19. The summed E-state index contributed by atoms with van der Waals surface area (Å²) < 4.78 is 29.5. The molecule has 2 nitrogen and oxygen atoms in total. The fraction of sp³-hybridized carbons (Fsp3) is 0.533. The van der Waals surface area contributed by atoms with Gasteiger partial charge in [-0.15, -0.1) is 11.6 Å². The van der Waals surface area contributed by atoms with Gasteiger partial charge >= 0.3 is 0 Å². The van der Waals surface area contributed by atoms with Crippen molar-refractivity contribution in [3.8, 4) is 0 Å². The van der Waals surface area contributed by atoms with Gasteiger partial charge in [-0.3, -0.25) is 0 Å². The third-order valence-corrected chi connectivity index (χ3v) is 4.20. The van der Waals surface area contributed by atoms with Gasteiger partial charge in [-0.1, -0.05) is 20.3 Å². The third kappa shape index (κ3) is 2.53. The highest BCUT2D eigenvalue weighted by molar-refractivity contribution is 6.17. The van der Waals surface area contributed by atoms with Crippen molar-refractivity contribution in [3.05, 3.63) is 29.6 Å². The number of hydrogen-bond donors (Lipinski definition) is 0. The molecule has 0 bridgehead atoms. The largest absolute Gasteiger partial charge is 0.322 e. The summed E-state index contributed by atoms with van der Waals surface area (Å²) in [5, 5.41) is 0. The molecule has 0 fully saturated rings. The number of rotatable bonds is 5. The summed E-state index contributed by atoms with van der Waals surface area (Å²) in [6, 6.07) is 2.68. The van der Waals surface area contributed by atoms with E-state index in [4.69, 9.17) is 11.6 Å². The van der Waals surface area contributed by atoms with Gasteiger partial charge in [-0.25, -0.2) is 13.8 Å². The third-order valence-electron chi connectivity index (χ3n) is 4.01. The van der Waals surface area contributed by atoms with E-state index in [-0.39, 0.29) is 11.6 Å². The molecule has 0 spiro atoms. The first-order valence-electron chi connectivity index (χ1n) is 6.92. The molecule has 0 amide bonds. The van der Waals surface area contributed by atoms with Gasteiger partial charge in [-0.2, -0.15) is 0 Å². The smallest absolute Gasteiger partial charge is 0.184 e. The van der Waals surface area contributed by atoms with Gasteiger partial charge in [0.15, 0.2) is 11.6 Å². The van der Waals surface area contributed by atoms with E-state index in [1.165, 1.54) is 6.07 Å². The number of alkyl halides is 1. The second-order valence-corrected chi connectivity index (χ2v) is 5.57. The van der Waals surface area contributed by atoms with Crippen molar-refractivity contribution in [1.29, 1.82) is 0 Å². The Hall–Kier alpha value is -1.16. The van der Waals surface area contributed by atoms with E-state index in [1.807, 2.05) is 11.5 Å². The fourth-order valence-corrected chi connectivity index (χ4v) is 2.64. The Labute approximate surface area is 122 Å². The Kier molecular flexibility index (Phi) is 4.63. The zero-order valence-electron chi connectivity index (χ0n) is 12.0. The van der Waals surface area contributed by atoms with E-state index < -0.39 is 11.6 Å². The lowest BCUT2D eigenvalue weighted by Crippen LogP contribution is -2.17. The molecule has 0 saturated carbocycles. The van der Waals surface area contributed by atoms with Gasteiger partial charge in [0, 0.05) is 18.3 Å². The van der Waals surface area contributed by atoms with Crippen LogP contribution in [0.15, 0.2) is 12.1 Å². The summed E-state index contributed by atoms with van der Waals surface area (Å²) in [7, 11) is 0. The normalized spacial score (nSPS) is 14.7. The van der Waals surface area contributed by atoms with Crippen LogP contribution < -0.4 is 0 Å². The maximum atomic E-state index is 14.2. The Morgan fingerprint density at radius 1 is 1.30 bits per heavy atom. The van der Waals surface area contributed by atoms with Gasteiger partial charge < -0.3 is 4.57 Å². The van der Waals surface area contributed by atoms with E-state index in [9.17, 15) is 8.78 Å². The maximum absolute atomic E-state index is 14.2. The average Bonchev–Trinajstić information content (AvgIpc) is 2.80. The van der Waals surface area contributed by atoms with Crippen molar-refractivity contribution in [2.45, 2.75) is 39.7 Å². The molecular weight excluding hydrogens is 282 g/mol. The van der Waals surface area contributed by atoms with Crippen LogP contribution in [0.2, 0.25) is 0 Å². The summed E-state index contributed by atoms with van der Waals surface area (Å²) in [5.41, 5.74) is 0.733. The molecule has 0 radical (unpaired) electrons. The minimum absolute atomic E-state index is 0.0412. The molecule has 2 atom stereocenters. The predicted molar refractivity (Wildman–Crippen MR) is 78.2 cm³/mol. The van der Waals surface area contributed by atoms with Crippen molar-refractivity contribution >= 4 is 22.6 Å². The standard InChI is InChI=1S/C15H19ClF2N2/c1-4-9(2)10(3)20-13(7-8-16)19-12-6-5-11(17)14(18)15(12)20/h5-6,9-10H,4,7-8H2,1-3H3. The number of aryl methyl sites for hydroxylation is 1. The van der Waals surface area contributed by atoms with Crippen molar-refractivity contribution in [2.24, 2.45) is 5.92 Å². The molecule has 1 aromatic heterocycles. The topological polar surface area (TPSA) is 17.8 Å². The van der Waals surface area contributed by atoms with Crippen LogP contribution in [0.25, 0.3) is 11.0 Å². The van der Waals surface area contributed by atoms with Crippen LogP contribution in [0.1, 0.15) is 39.1 Å². The van der Waals surface area contributed by atoms with Gasteiger partial charge in [-0.05, 0) is 25.0 Å². The molecular formula is C15H19ClF2N2. The molecule has 0 aliphatic rings. The van der Waals surface area contributed by atoms with Crippen LogP contribution in [0.5, 0.6) is 0 Å². The molecule has 0 aliphatic carbocycles. The SMILES string of the molecule is CCC(C)C(C)n1c(CCCl)nc2ccc(F)c(F)c21. The summed E-state index contributed by atoms with van der Waals surface area (Å²) in [6.45, 7) is 6.19. The van der Waals surface area contributed by atoms with E-state index >= 15 is 0 Å². The number of halogens is 3. The molecule has 0 aliphatic heterocycles. The van der Waals surface area contributed by atoms with E-state index in [0.717, 1.165) is 12.5 Å². The molecule has 0 saturated heterocycles. The van der Waals surface area contributed by atoms with E-state index in [2.05, 4.69) is 18.8 Å². The number of imidazole rings is 1. The van der Waals surface area contributed by atoms with Crippen LogP contribution >= 0.6 is 11.6 Å². The lowest BCUT2D eigenvalue weighted by Gasteiger charge is -2.23. The van der Waals surface area contributed by atoms with Crippen LogP contribution in [-0.4, -0.2) is 15.4 Å². The van der Waals surface area contributed by atoms with Crippen molar-refractivity contribution < 1.29 is 8.78 Å². The highest BCUT2D eigenvalue weighted by Gasteiger charge is 2.23. The zero-order valence-corrected chi connectivity index (χ0v) is 12.7. The molecule has 5 heteroatoms. The number of nitrogens with zero attached hydrogens (tertiary/aromatic N) is 2. The predicted octanol–water partition coefficient (Wildman–Crippen LogP) is 4.70. The number of fused-ring (bicyclic) bond motifs is 1.